The van der Waals surface area contributed by atoms with Gasteiger partial charge in [-0.15, -0.1) is 0 Å². The van der Waals surface area contributed by atoms with E-state index in [9.17, 15) is 36.7 Å². The molecule has 14 nitrogen and oxygen atoms in total. The van der Waals surface area contributed by atoms with Crippen LogP contribution in [0.5, 0.6) is 0 Å². The Morgan fingerprint density at radius 2 is 1.18 bits per heavy atom. The number of aliphatic carboxylic acids is 1. The van der Waals surface area contributed by atoms with Gasteiger partial charge in [-0.25, -0.2) is 26.4 Å². The van der Waals surface area contributed by atoms with Gasteiger partial charge >= 0.3 is 12.1 Å². The first-order valence-electron chi connectivity index (χ1n) is 16.7. The highest BCUT2D eigenvalue weighted by atomic mass is 32.2. The van der Waals surface area contributed by atoms with Crippen LogP contribution >= 0.6 is 0 Å². The molecule has 16 heteroatoms. The fourth-order valence-corrected chi connectivity index (χ4v) is 10.7. The summed E-state index contributed by atoms with van der Waals surface area (Å²) in [6, 6.07) is 7.13. The van der Waals surface area contributed by atoms with Gasteiger partial charge in [0.1, 0.15) is 17.5 Å². The van der Waals surface area contributed by atoms with Crippen molar-refractivity contribution in [1.29, 1.82) is 0 Å². The van der Waals surface area contributed by atoms with Crippen LogP contribution in [0.3, 0.4) is 0 Å². The molecule has 50 heavy (non-hydrogen) atoms. The van der Waals surface area contributed by atoms with Crippen molar-refractivity contribution in [2.45, 2.75) is 70.2 Å². The standard InChI is InChI=1S/C34H45N5O9S2/c1-19(2)30(33(40)41)35-34(42)48-37-32-26-9-7-24(49(44,45)38-15-20(3)11-21(4)16-38)13-28(26)31(36-43)29-14-25(8-10-27(29)32)50(46,47)39-17-22(5)12-23(6)18-39/h7-10,13-14,19-23,30,43H,11-12,15-18H2,1-6H3,(H,35,42)(H,40,41)/t20-,21+,22-,23+,30?. The lowest BCUT2D eigenvalue weighted by Crippen LogP contribution is -2.44. The van der Waals surface area contributed by atoms with Gasteiger partial charge in [0.2, 0.25) is 20.0 Å². The first-order valence-corrected chi connectivity index (χ1v) is 19.6. The van der Waals surface area contributed by atoms with Crippen LogP contribution in [0.4, 0.5) is 4.79 Å². The second-order valence-corrected chi connectivity index (χ2v) is 18.3. The van der Waals surface area contributed by atoms with E-state index in [1.165, 1.54) is 45.0 Å². The zero-order valence-electron chi connectivity index (χ0n) is 29.0. The second kappa shape index (κ2) is 14.4. The molecule has 2 saturated heterocycles. The monoisotopic (exact) mass is 731 g/mol. The van der Waals surface area contributed by atoms with Crippen molar-refractivity contribution in [3.63, 3.8) is 0 Å². The van der Waals surface area contributed by atoms with E-state index in [1.54, 1.807) is 13.8 Å². The Labute approximate surface area is 293 Å². The molecule has 2 heterocycles. The fourth-order valence-electron chi connectivity index (χ4n) is 7.32. The summed E-state index contributed by atoms with van der Waals surface area (Å²) >= 11 is 0. The maximum Gasteiger partial charge on any atom is 0.434 e. The summed E-state index contributed by atoms with van der Waals surface area (Å²) in [5.41, 5.74) is 0.627. The lowest BCUT2D eigenvalue weighted by Gasteiger charge is -2.34. The molecule has 5 atom stereocenters. The van der Waals surface area contributed by atoms with Crippen LogP contribution in [0.25, 0.3) is 0 Å². The Morgan fingerprint density at radius 3 is 1.54 bits per heavy atom. The number of fused-ring (bicyclic) bond motifs is 2. The third-order valence-electron chi connectivity index (χ3n) is 9.47. The van der Waals surface area contributed by atoms with Gasteiger partial charge in [-0.2, -0.15) is 8.61 Å². The molecule has 1 unspecified atom stereocenters. The largest absolute Gasteiger partial charge is 0.480 e. The number of nitrogens with zero attached hydrogens (tertiary/aromatic N) is 4. The molecule has 2 aliphatic heterocycles. The summed E-state index contributed by atoms with van der Waals surface area (Å²) in [6.45, 7) is 12.6. The Bertz CT molecular complexity index is 1810. The van der Waals surface area contributed by atoms with Crippen molar-refractivity contribution >= 4 is 43.5 Å². The number of sulfonamides is 2. The number of carboxylic acid groups (broad SMARTS) is 1. The topological polar surface area (TPSA) is 195 Å². The number of hydrogen-bond donors (Lipinski definition) is 3. The normalized spacial score (nSPS) is 23.8. The first-order chi connectivity index (χ1) is 23.4. The number of hydrogen-bond acceptors (Lipinski definition) is 10. The number of amides is 1. The van der Waals surface area contributed by atoms with Crippen molar-refractivity contribution in [2.24, 2.45) is 39.9 Å². The number of carbonyl (C=O) groups excluding carboxylic acids is 1. The smallest absolute Gasteiger partial charge is 0.434 e. The summed E-state index contributed by atoms with van der Waals surface area (Å²) in [7, 11) is -7.99. The lowest BCUT2D eigenvalue weighted by atomic mass is 9.83. The van der Waals surface area contributed by atoms with E-state index < -0.39 is 44.1 Å². The summed E-state index contributed by atoms with van der Waals surface area (Å²) in [5, 5.41) is 29.7. The predicted molar refractivity (Wildman–Crippen MR) is 185 cm³/mol. The lowest BCUT2D eigenvalue weighted by molar-refractivity contribution is -0.140. The predicted octanol–water partition coefficient (Wildman–Crippen LogP) is 4.15. The van der Waals surface area contributed by atoms with Crippen molar-refractivity contribution in [2.75, 3.05) is 26.2 Å². The van der Waals surface area contributed by atoms with Crippen LogP contribution in [-0.2, 0) is 29.7 Å². The molecule has 1 amide bonds. The van der Waals surface area contributed by atoms with Gasteiger partial charge in [0.25, 0.3) is 0 Å². The van der Waals surface area contributed by atoms with Gasteiger partial charge in [-0.3, -0.25) is 4.84 Å². The molecule has 0 radical (unpaired) electrons. The Balaban J connectivity index is 1.62. The van der Waals surface area contributed by atoms with Crippen molar-refractivity contribution < 1.29 is 41.6 Å². The molecular weight excluding hydrogens is 687 g/mol. The zero-order valence-corrected chi connectivity index (χ0v) is 30.7. The van der Waals surface area contributed by atoms with Crippen molar-refractivity contribution in [1.82, 2.24) is 13.9 Å². The number of carbonyl (C=O) groups is 2. The molecule has 1 aliphatic carbocycles. The highest BCUT2D eigenvalue weighted by Crippen LogP contribution is 2.35. The van der Waals surface area contributed by atoms with Crippen LogP contribution < -0.4 is 5.32 Å². The van der Waals surface area contributed by atoms with Gasteiger partial charge in [0.15, 0.2) is 0 Å². The Kier molecular flexibility index (Phi) is 10.8. The molecule has 0 saturated carbocycles. The SMILES string of the molecule is CC(C)C(NC(=O)ON=C1c2ccc(S(=O)(=O)N3C[C@H](C)C[C@H](C)C3)cc2C(=NO)c2cc(S(=O)(=O)N3C[C@H](C)C[C@H](C)C3)ccc21)C(=O)O. The van der Waals surface area contributed by atoms with Crippen LogP contribution in [0.1, 0.15) is 76.6 Å². The molecule has 2 fully saturated rings. The van der Waals surface area contributed by atoms with E-state index in [0.717, 1.165) is 12.8 Å². The molecule has 2 aromatic rings. The summed E-state index contributed by atoms with van der Waals surface area (Å²) in [6.07, 6.45) is 0.641. The summed E-state index contributed by atoms with van der Waals surface area (Å²) in [5.74, 6) is -1.13. The van der Waals surface area contributed by atoms with Gasteiger partial charge in [0, 0.05) is 48.4 Å². The summed E-state index contributed by atoms with van der Waals surface area (Å²) < 4.78 is 58.5. The number of oxime groups is 2. The summed E-state index contributed by atoms with van der Waals surface area (Å²) in [4.78, 5) is 29.4. The maximum absolute atomic E-state index is 13.9. The van der Waals surface area contributed by atoms with E-state index in [0.29, 0.717) is 26.2 Å². The number of piperidine rings is 2. The van der Waals surface area contributed by atoms with Crippen molar-refractivity contribution in [3.8, 4) is 0 Å². The minimum Gasteiger partial charge on any atom is -0.480 e. The minimum atomic E-state index is -4.00. The van der Waals surface area contributed by atoms with E-state index in [1.807, 2.05) is 27.7 Å². The Hall–Kier alpha value is -3.86. The fraction of sp³-hybridized carbons (Fsp3) is 0.529. The van der Waals surface area contributed by atoms with Crippen molar-refractivity contribution in [3.05, 3.63) is 58.7 Å². The van der Waals surface area contributed by atoms with E-state index in [4.69, 9.17) is 4.84 Å². The molecule has 0 spiro atoms. The van der Waals surface area contributed by atoms with Crippen LogP contribution in [0.15, 0.2) is 56.5 Å². The average molecular weight is 732 g/mol. The molecule has 2 aromatic carbocycles. The van der Waals surface area contributed by atoms with E-state index in [-0.39, 0.29) is 67.1 Å². The molecule has 3 N–H and O–H groups in total. The molecule has 272 valence electrons. The van der Waals surface area contributed by atoms with Gasteiger partial charge in [-0.05, 0) is 66.7 Å². The maximum atomic E-state index is 13.9. The third-order valence-corrected chi connectivity index (χ3v) is 13.1. The molecule has 0 bridgehead atoms. The van der Waals surface area contributed by atoms with Crippen LogP contribution in [-0.4, -0.2) is 91.5 Å². The van der Waals surface area contributed by atoms with Gasteiger partial charge in [0.05, 0.1) is 9.79 Å². The first kappa shape index (κ1) is 37.4. The highest BCUT2D eigenvalue weighted by Gasteiger charge is 2.37. The molecule has 3 aliphatic rings. The van der Waals surface area contributed by atoms with Gasteiger partial charge in [-0.1, -0.05) is 64.0 Å². The number of benzene rings is 2. The van der Waals surface area contributed by atoms with Gasteiger partial charge < -0.3 is 15.6 Å². The molecular formula is C34H45N5O9S2. The van der Waals surface area contributed by atoms with Crippen LogP contribution in [0.2, 0.25) is 0 Å². The molecule has 5 rings (SSSR count). The zero-order chi connectivity index (χ0) is 36.7. The number of rotatable bonds is 8. The number of carboxylic acids is 1. The third kappa shape index (κ3) is 7.43. The van der Waals surface area contributed by atoms with Crippen LogP contribution in [0, 0.1) is 29.6 Å². The number of nitrogens with one attached hydrogen (secondary N) is 1. The average Bonchev–Trinajstić information content (AvgIpc) is 3.03. The van der Waals surface area contributed by atoms with E-state index >= 15 is 0 Å². The Morgan fingerprint density at radius 1 is 0.760 bits per heavy atom. The minimum absolute atomic E-state index is 0.0160. The van der Waals surface area contributed by atoms with E-state index in [2.05, 4.69) is 15.6 Å². The quantitative estimate of drug-likeness (QED) is 0.173. The highest BCUT2D eigenvalue weighted by molar-refractivity contribution is 7.89. The second-order valence-electron chi connectivity index (χ2n) is 14.4. The molecule has 0 aromatic heterocycles.